The summed E-state index contributed by atoms with van der Waals surface area (Å²) in [5, 5.41) is 6.43. The van der Waals surface area contributed by atoms with E-state index in [2.05, 4.69) is 10.4 Å². The number of anilines is 1. The summed E-state index contributed by atoms with van der Waals surface area (Å²) in [6, 6.07) is 7.38. The van der Waals surface area contributed by atoms with Gasteiger partial charge in [0.25, 0.3) is 5.56 Å². The van der Waals surface area contributed by atoms with Gasteiger partial charge in [-0.3, -0.25) is 9.59 Å². The van der Waals surface area contributed by atoms with Gasteiger partial charge in [-0.05, 0) is 18.4 Å². The fourth-order valence-electron chi connectivity index (χ4n) is 1.63. The Morgan fingerprint density at radius 1 is 1.38 bits per heavy atom. The molecule has 0 saturated carbocycles. The van der Waals surface area contributed by atoms with Crippen molar-refractivity contribution in [1.82, 2.24) is 9.78 Å². The quantitative estimate of drug-likeness (QED) is 0.867. The van der Waals surface area contributed by atoms with Crippen LogP contribution in [0.5, 0.6) is 0 Å². The number of hydrogen-bond donors (Lipinski definition) is 1. The highest BCUT2D eigenvalue weighted by Crippen LogP contribution is 2.24. The molecule has 1 heterocycles. The van der Waals surface area contributed by atoms with Crippen molar-refractivity contribution in [2.45, 2.75) is 11.4 Å². The number of halogens is 2. The van der Waals surface area contributed by atoms with Gasteiger partial charge in [0.05, 0.1) is 16.9 Å². The van der Waals surface area contributed by atoms with Crippen LogP contribution >= 0.6 is 35.0 Å². The maximum atomic E-state index is 12.0. The van der Waals surface area contributed by atoms with Crippen LogP contribution in [0.15, 0.2) is 40.2 Å². The topological polar surface area (TPSA) is 64.0 Å². The van der Waals surface area contributed by atoms with E-state index in [1.807, 2.05) is 24.5 Å². The van der Waals surface area contributed by atoms with Gasteiger partial charge in [0.2, 0.25) is 5.91 Å². The van der Waals surface area contributed by atoms with Crippen LogP contribution in [-0.4, -0.2) is 21.9 Å². The lowest BCUT2D eigenvalue weighted by atomic mass is 10.3. The minimum atomic E-state index is -0.600. The summed E-state index contributed by atoms with van der Waals surface area (Å²) >= 11 is 12.9. The second-order valence-electron chi connectivity index (χ2n) is 4.02. The highest BCUT2D eigenvalue weighted by molar-refractivity contribution is 7.98. The number of amides is 1. The molecule has 5 nitrogen and oxygen atoms in total. The first-order valence-corrected chi connectivity index (χ1v) is 7.85. The number of carbonyl (C=O) groups excluding carboxylic acids is 1. The number of aromatic nitrogens is 2. The van der Waals surface area contributed by atoms with E-state index in [4.69, 9.17) is 23.2 Å². The first-order chi connectivity index (χ1) is 10.0. The lowest BCUT2D eigenvalue weighted by Gasteiger charge is -2.10. The number of thioether (sulfide) groups is 1. The molecule has 0 spiro atoms. The van der Waals surface area contributed by atoms with E-state index < -0.39 is 5.56 Å². The lowest BCUT2D eigenvalue weighted by Crippen LogP contribution is -2.29. The minimum absolute atomic E-state index is 0.0612. The number of nitrogens with zero attached hydrogens (tertiary/aromatic N) is 2. The van der Waals surface area contributed by atoms with E-state index in [0.29, 0.717) is 5.69 Å². The van der Waals surface area contributed by atoms with Crippen molar-refractivity contribution in [3.63, 3.8) is 0 Å². The molecule has 0 radical (unpaired) electrons. The van der Waals surface area contributed by atoms with Crippen molar-refractivity contribution in [1.29, 1.82) is 0 Å². The minimum Gasteiger partial charge on any atom is -0.323 e. The molecule has 1 amide bonds. The van der Waals surface area contributed by atoms with Crippen LogP contribution in [-0.2, 0) is 11.3 Å². The molecule has 0 aliphatic heterocycles. The molecule has 0 saturated heterocycles. The average molecular weight is 344 g/mol. The van der Waals surface area contributed by atoms with Crippen molar-refractivity contribution < 1.29 is 4.79 Å². The second kappa shape index (κ2) is 6.98. The van der Waals surface area contributed by atoms with Crippen LogP contribution in [0.3, 0.4) is 0 Å². The normalized spacial score (nSPS) is 10.4. The Kier molecular flexibility index (Phi) is 5.27. The number of rotatable bonds is 4. The Balaban J connectivity index is 2.16. The number of benzene rings is 1. The third-order valence-corrected chi connectivity index (χ3v) is 4.16. The SMILES string of the molecule is CSc1ccccc1NC(=O)Cn1ncc(Cl)c(Cl)c1=O. The largest absolute Gasteiger partial charge is 0.323 e. The monoisotopic (exact) mass is 343 g/mol. The lowest BCUT2D eigenvalue weighted by molar-refractivity contribution is -0.117. The predicted molar refractivity (Wildman–Crippen MR) is 85.4 cm³/mol. The zero-order valence-corrected chi connectivity index (χ0v) is 13.3. The van der Waals surface area contributed by atoms with Crippen molar-refractivity contribution >= 4 is 46.6 Å². The molecule has 8 heteroatoms. The van der Waals surface area contributed by atoms with Gasteiger partial charge in [-0.25, -0.2) is 4.68 Å². The Labute approximate surface area is 135 Å². The van der Waals surface area contributed by atoms with Gasteiger partial charge in [0, 0.05) is 4.90 Å². The van der Waals surface area contributed by atoms with Gasteiger partial charge in [-0.1, -0.05) is 35.3 Å². The van der Waals surface area contributed by atoms with Gasteiger partial charge in [-0.2, -0.15) is 5.10 Å². The molecule has 0 aliphatic carbocycles. The molecule has 21 heavy (non-hydrogen) atoms. The molecule has 2 rings (SSSR count). The van der Waals surface area contributed by atoms with Crippen molar-refractivity contribution in [2.75, 3.05) is 11.6 Å². The molecule has 0 unspecified atom stereocenters. The van der Waals surface area contributed by atoms with Crippen molar-refractivity contribution in [2.24, 2.45) is 0 Å². The zero-order chi connectivity index (χ0) is 15.4. The maximum Gasteiger partial charge on any atom is 0.287 e. The van der Waals surface area contributed by atoms with Gasteiger partial charge in [-0.15, -0.1) is 11.8 Å². The third kappa shape index (κ3) is 3.78. The highest BCUT2D eigenvalue weighted by Gasteiger charge is 2.12. The van der Waals surface area contributed by atoms with E-state index in [1.54, 1.807) is 6.07 Å². The summed E-state index contributed by atoms with van der Waals surface area (Å²) in [7, 11) is 0. The second-order valence-corrected chi connectivity index (χ2v) is 5.65. The van der Waals surface area contributed by atoms with E-state index in [0.717, 1.165) is 9.58 Å². The van der Waals surface area contributed by atoms with Crippen molar-refractivity contribution in [3.8, 4) is 0 Å². The average Bonchev–Trinajstić information content (AvgIpc) is 2.48. The molecular formula is C13H11Cl2N3O2S. The zero-order valence-electron chi connectivity index (χ0n) is 11.0. The first-order valence-electron chi connectivity index (χ1n) is 5.87. The summed E-state index contributed by atoms with van der Waals surface area (Å²) in [5.41, 5.74) is 0.0839. The Morgan fingerprint density at radius 3 is 2.81 bits per heavy atom. The molecule has 0 aliphatic rings. The van der Waals surface area contributed by atoms with Gasteiger partial charge in [0.15, 0.2) is 0 Å². The molecule has 1 aromatic carbocycles. The molecule has 0 bridgehead atoms. The van der Waals surface area contributed by atoms with Crippen LogP contribution in [0, 0.1) is 0 Å². The number of nitrogens with one attached hydrogen (secondary N) is 1. The molecule has 0 atom stereocenters. The van der Waals surface area contributed by atoms with Crippen LogP contribution in [0.2, 0.25) is 10.0 Å². The van der Waals surface area contributed by atoms with Crippen LogP contribution in [0.1, 0.15) is 0 Å². The standard InChI is InChI=1S/C13H11Cl2N3O2S/c1-21-10-5-3-2-4-9(10)17-11(19)7-18-13(20)12(15)8(14)6-16-18/h2-6H,7H2,1H3,(H,17,19). The fraction of sp³-hybridized carbons (Fsp3) is 0.154. The van der Waals surface area contributed by atoms with Gasteiger partial charge >= 0.3 is 0 Å². The third-order valence-electron chi connectivity index (χ3n) is 2.62. The molecule has 2 aromatic rings. The Hall–Kier alpha value is -1.50. The molecular weight excluding hydrogens is 333 g/mol. The molecule has 1 aromatic heterocycles. The van der Waals surface area contributed by atoms with Crippen LogP contribution in [0.25, 0.3) is 0 Å². The first kappa shape index (κ1) is 15.9. The maximum absolute atomic E-state index is 12.0. The number of carbonyl (C=O) groups is 1. The van der Waals surface area contributed by atoms with E-state index in [1.165, 1.54) is 18.0 Å². The molecule has 1 N–H and O–H groups in total. The molecule has 110 valence electrons. The van der Waals surface area contributed by atoms with Crippen LogP contribution < -0.4 is 10.9 Å². The smallest absolute Gasteiger partial charge is 0.287 e. The summed E-state index contributed by atoms with van der Waals surface area (Å²) in [6.07, 6.45) is 3.14. The highest BCUT2D eigenvalue weighted by atomic mass is 35.5. The van der Waals surface area contributed by atoms with Gasteiger partial charge < -0.3 is 5.32 Å². The summed E-state index contributed by atoms with van der Waals surface area (Å²) < 4.78 is 0.964. The van der Waals surface area contributed by atoms with Crippen molar-refractivity contribution in [3.05, 3.63) is 50.9 Å². The molecule has 0 fully saturated rings. The number of para-hydroxylation sites is 1. The summed E-state index contributed by atoms with van der Waals surface area (Å²) in [6.45, 7) is -0.238. The van der Waals surface area contributed by atoms with E-state index in [-0.39, 0.29) is 22.5 Å². The van der Waals surface area contributed by atoms with E-state index in [9.17, 15) is 9.59 Å². The van der Waals surface area contributed by atoms with Gasteiger partial charge in [0.1, 0.15) is 11.6 Å². The summed E-state index contributed by atoms with van der Waals surface area (Å²) in [4.78, 5) is 24.7. The van der Waals surface area contributed by atoms with E-state index >= 15 is 0 Å². The Morgan fingerprint density at radius 2 is 2.10 bits per heavy atom. The number of hydrogen-bond acceptors (Lipinski definition) is 4. The predicted octanol–water partition coefficient (Wildman–Crippen LogP) is 2.91. The fourth-order valence-corrected chi connectivity index (χ4v) is 2.46. The van der Waals surface area contributed by atoms with Crippen LogP contribution in [0.4, 0.5) is 5.69 Å². The Bertz CT molecular complexity index is 734. The summed E-state index contributed by atoms with van der Waals surface area (Å²) in [5.74, 6) is -0.371.